The van der Waals surface area contributed by atoms with Crippen molar-refractivity contribution in [3.8, 4) is 0 Å². The number of ether oxygens (including phenoxy) is 3. The third kappa shape index (κ3) is 12.3. The van der Waals surface area contributed by atoms with Crippen LogP contribution in [0.1, 0.15) is 26.2 Å². The highest BCUT2D eigenvalue weighted by atomic mass is 16.5. The molecule has 2 N–H and O–H groups in total. The van der Waals surface area contributed by atoms with Crippen LogP contribution in [0.2, 0.25) is 0 Å². The Kier molecular flexibility index (Phi) is 14.7. The topological polar surface area (TPSA) is 60.0 Å². The zero-order valence-electron chi connectivity index (χ0n) is 11.8. The van der Waals surface area contributed by atoms with Gasteiger partial charge < -0.3 is 24.6 Å². The maximum atomic E-state index is 8.93. The van der Waals surface area contributed by atoms with E-state index in [1.54, 1.807) is 7.11 Å². The SMILES string of the molecule is CCCNC(CCO)COCCOCCCOC. The van der Waals surface area contributed by atoms with Crippen molar-refractivity contribution < 1.29 is 19.3 Å². The van der Waals surface area contributed by atoms with Gasteiger partial charge in [0.1, 0.15) is 0 Å². The lowest BCUT2D eigenvalue weighted by Gasteiger charge is -2.17. The van der Waals surface area contributed by atoms with Gasteiger partial charge in [-0.2, -0.15) is 0 Å². The number of rotatable bonds is 14. The number of hydrogen-bond acceptors (Lipinski definition) is 5. The van der Waals surface area contributed by atoms with Crippen LogP contribution in [-0.2, 0) is 14.2 Å². The van der Waals surface area contributed by atoms with Gasteiger partial charge in [-0.1, -0.05) is 6.92 Å². The van der Waals surface area contributed by atoms with Crippen LogP contribution in [-0.4, -0.2) is 64.4 Å². The molecule has 0 aromatic heterocycles. The van der Waals surface area contributed by atoms with Gasteiger partial charge in [-0.05, 0) is 25.8 Å². The van der Waals surface area contributed by atoms with Crippen molar-refractivity contribution in [2.24, 2.45) is 0 Å². The molecule has 0 spiro atoms. The van der Waals surface area contributed by atoms with Crippen molar-refractivity contribution in [1.82, 2.24) is 5.32 Å². The number of aliphatic hydroxyl groups is 1. The lowest BCUT2D eigenvalue weighted by molar-refractivity contribution is 0.0303. The van der Waals surface area contributed by atoms with Crippen molar-refractivity contribution in [3.63, 3.8) is 0 Å². The molecule has 18 heavy (non-hydrogen) atoms. The Hall–Kier alpha value is -0.200. The molecule has 0 aliphatic heterocycles. The maximum absolute atomic E-state index is 8.93. The van der Waals surface area contributed by atoms with Crippen molar-refractivity contribution in [2.75, 3.05) is 53.3 Å². The maximum Gasteiger partial charge on any atom is 0.0701 e. The molecular weight excluding hydrogens is 234 g/mol. The van der Waals surface area contributed by atoms with Crippen LogP contribution in [0.5, 0.6) is 0 Å². The normalized spacial score (nSPS) is 12.8. The average Bonchev–Trinajstić information content (AvgIpc) is 2.39. The first-order valence-electron chi connectivity index (χ1n) is 6.83. The Morgan fingerprint density at radius 3 is 2.56 bits per heavy atom. The molecule has 5 nitrogen and oxygen atoms in total. The highest BCUT2D eigenvalue weighted by Crippen LogP contribution is 1.94. The van der Waals surface area contributed by atoms with Crippen molar-refractivity contribution in [1.29, 1.82) is 0 Å². The van der Waals surface area contributed by atoms with Crippen molar-refractivity contribution >= 4 is 0 Å². The zero-order chi connectivity index (χ0) is 13.5. The Bertz CT molecular complexity index is 158. The predicted octanol–water partition coefficient (Wildman–Crippen LogP) is 0.807. The van der Waals surface area contributed by atoms with Gasteiger partial charge in [-0.3, -0.25) is 0 Å². The van der Waals surface area contributed by atoms with E-state index in [9.17, 15) is 0 Å². The first-order valence-corrected chi connectivity index (χ1v) is 6.83. The van der Waals surface area contributed by atoms with Crippen molar-refractivity contribution in [2.45, 2.75) is 32.2 Å². The van der Waals surface area contributed by atoms with Crippen LogP contribution in [0.25, 0.3) is 0 Å². The molecule has 0 aromatic rings. The molecule has 0 bridgehead atoms. The lowest BCUT2D eigenvalue weighted by atomic mass is 10.2. The summed E-state index contributed by atoms with van der Waals surface area (Å²) in [6.07, 6.45) is 2.74. The van der Waals surface area contributed by atoms with Gasteiger partial charge in [0.2, 0.25) is 0 Å². The van der Waals surface area contributed by atoms with Crippen LogP contribution >= 0.6 is 0 Å². The van der Waals surface area contributed by atoms with Gasteiger partial charge in [0.05, 0.1) is 19.8 Å². The minimum atomic E-state index is 0.193. The van der Waals surface area contributed by atoms with Crippen LogP contribution in [0.15, 0.2) is 0 Å². The second-order valence-electron chi connectivity index (χ2n) is 4.20. The Morgan fingerprint density at radius 2 is 1.89 bits per heavy atom. The third-order valence-electron chi connectivity index (χ3n) is 2.49. The first-order chi connectivity index (χ1) is 8.85. The highest BCUT2D eigenvalue weighted by Gasteiger charge is 2.06. The molecule has 1 atom stereocenters. The van der Waals surface area contributed by atoms with E-state index < -0.39 is 0 Å². The Labute approximate surface area is 111 Å². The molecule has 0 saturated heterocycles. The number of hydrogen-bond donors (Lipinski definition) is 2. The molecule has 0 radical (unpaired) electrons. The molecule has 0 rings (SSSR count). The zero-order valence-corrected chi connectivity index (χ0v) is 11.8. The monoisotopic (exact) mass is 263 g/mol. The van der Waals surface area contributed by atoms with E-state index in [4.69, 9.17) is 19.3 Å². The van der Waals surface area contributed by atoms with E-state index in [2.05, 4.69) is 12.2 Å². The molecule has 0 saturated carbocycles. The van der Waals surface area contributed by atoms with E-state index in [1.807, 2.05) is 0 Å². The summed E-state index contributed by atoms with van der Waals surface area (Å²) in [6, 6.07) is 0.239. The van der Waals surface area contributed by atoms with E-state index in [0.717, 1.165) is 32.4 Å². The first kappa shape index (κ1) is 17.8. The molecule has 1 unspecified atom stereocenters. The van der Waals surface area contributed by atoms with Gasteiger partial charge in [0.15, 0.2) is 0 Å². The fourth-order valence-electron chi connectivity index (χ4n) is 1.50. The molecule has 0 aliphatic carbocycles. The van der Waals surface area contributed by atoms with Crippen LogP contribution in [0.4, 0.5) is 0 Å². The molecule has 0 aromatic carbocycles. The second kappa shape index (κ2) is 14.9. The van der Waals surface area contributed by atoms with Gasteiger partial charge in [-0.15, -0.1) is 0 Å². The molecule has 0 aliphatic rings. The minimum Gasteiger partial charge on any atom is -0.396 e. The number of aliphatic hydroxyl groups excluding tert-OH is 1. The summed E-state index contributed by atoms with van der Waals surface area (Å²) in [6.45, 7) is 6.57. The lowest BCUT2D eigenvalue weighted by Crippen LogP contribution is -2.35. The summed E-state index contributed by atoms with van der Waals surface area (Å²) in [7, 11) is 1.69. The van der Waals surface area contributed by atoms with Crippen LogP contribution < -0.4 is 5.32 Å². The number of nitrogens with one attached hydrogen (secondary N) is 1. The minimum absolute atomic E-state index is 0.193. The van der Waals surface area contributed by atoms with E-state index in [1.165, 1.54) is 0 Å². The smallest absolute Gasteiger partial charge is 0.0701 e. The summed E-state index contributed by atoms with van der Waals surface area (Å²) >= 11 is 0. The summed E-state index contributed by atoms with van der Waals surface area (Å²) in [5.41, 5.74) is 0. The Morgan fingerprint density at radius 1 is 1.11 bits per heavy atom. The quantitative estimate of drug-likeness (QED) is 0.454. The second-order valence-corrected chi connectivity index (χ2v) is 4.20. The summed E-state index contributed by atoms with van der Waals surface area (Å²) in [5, 5.41) is 12.3. The molecule has 0 heterocycles. The Balaban J connectivity index is 3.31. The van der Waals surface area contributed by atoms with Gasteiger partial charge in [-0.25, -0.2) is 0 Å². The van der Waals surface area contributed by atoms with E-state index in [-0.39, 0.29) is 12.6 Å². The van der Waals surface area contributed by atoms with E-state index in [0.29, 0.717) is 26.4 Å². The van der Waals surface area contributed by atoms with Crippen LogP contribution in [0.3, 0.4) is 0 Å². The predicted molar refractivity (Wildman–Crippen MR) is 71.9 cm³/mol. The molecule has 0 amide bonds. The highest BCUT2D eigenvalue weighted by molar-refractivity contribution is 4.64. The van der Waals surface area contributed by atoms with E-state index >= 15 is 0 Å². The van der Waals surface area contributed by atoms with Gasteiger partial charge in [0, 0.05) is 33.0 Å². The number of methoxy groups -OCH3 is 1. The standard InChI is InChI=1S/C13H29NO4/c1-3-6-14-13(5-7-15)12-18-11-10-17-9-4-8-16-2/h13-15H,3-12H2,1-2H3. The van der Waals surface area contributed by atoms with Gasteiger partial charge >= 0.3 is 0 Å². The van der Waals surface area contributed by atoms with Gasteiger partial charge in [0.25, 0.3) is 0 Å². The van der Waals surface area contributed by atoms with Crippen LogP contribution in [0, 0.1) is 0 Å². The molecule has 5 heteroatoms. The third-order valence-corrected chi connectivity index (χ3v) is 2.49. The fourth-order valence-corrected chi connectivity index (χ4v) is 1.50. The van der Waals surface area contributed by atoms with Crippen molar-refractivity contribution in [3.05, 3.63) is 0 Å². The summed E-state index contributed by atoms with van der Waals surface area (Å²) in [5.74, 6) is 0. The fraction of sp³-hybridized carbons (Fsp3) is 1.00. The average molecular weight is 263 g/mol. The summed E-state index contributed by atoms with van der Waals surface area (Å²) in [4.78, 5) is 0. The molecular formula is C13H29NO4. The molecule has 0 fully saturated rings. The molecule has 110 valence electrons. The summed E-state index contributed by atoms with van der Waals surface area (Å²) < 4.78 is 15.8. The largest absolute Gasteiger partial charge is 0.396 e.